The number of nitro benzene ring substituents is 2. The van der Waals surface area contributed by atoms with E-state index in [4.69, 9.17) is 0 Å². The molecule has 1 amide bonds. The molecule has 29 heavy (non-hydrogen) atoms. The van der Waals surface area contributed by atoms with Crippen LogP contribution in [0.25, 0.3) is 0 Å². The van der Waals surface area contributed by atoms with E-state index in [-0.39, 0.29) is 17.7 Å². The lowest BCUT2D eigenvalue weighted by molar-refractivity contribution is -0.394. The SMILES string of the molecule is Cc1c(C(=O)N(Cc2cccs2)c2ccc(F)cc2)cc([N+](=O)[O-])cc1[N+](=O)[O-]. The Balaban J connectivity index is 2.13. The van der Waals surface area contributed by atoms with Crippen LogP contribution in [-0.2, 0) is 6.54 Å². The largest absolute Gasteiger partial charge is 0.303 e. The Morgan fingerprint density at radius 1 is 1.10 bits per heavy atom. The van der Waals surface area contributed by atoms with E-state index in [0.717, 1.165) is 17.0 Å². The number of carbonyl (C=O) groups excluding carboxylic acids is 1. The van der Waals surface area contributed by atoms with E-state index >= 15 is 0 Å². The number of benzene rings is 2. The quantitative estimate of drug-likeness (QED) is 0.422. The molecule has 0 saturated heterocycles. The first-order valence-corrected chi connectivity index (χ1v) is 9.19. The van der Waals surface area contributed by atoms with Gasteiger partial charge in [-0.1, -0.05) is 6.07 Å². The highest BCUT2D eigenvalue weighted by atomic mass is 32.1. The summed E-state index contributed by atoms with van der Waals surface area (Å²) in [6, 6.07) is 10.6. The number of hydrogen-bond donors (Lipinski definition) is 0. The number of non-ortho nitro benzene ring substituents is 1. The molecule has 3 rings (SSSR count). The zero-order valence-electron chi connectivity index (χ0n) is 15.1. The summed E-state index contributed by atoms with van der Waals surface area (Å²) in [4.78, 5) is 36.4. The van der Waals surface area contributed by atoms with Crippen LogP contribution >= 0.6 is 11.3 Å². The Bertz CT molecular complexity index is 1080. The lowest BCUT2D eigenvalue weighted by Crippen LogP contribution is -2.31. The Hall–Kier alpha value is -3.66. The second-order valence-corrected chi connectivity index (χ2v) is 7.13. The summed E-state index contributed by atoms with van der Waals surface area (Å²) in [7, 11) is 0. The minimum atomic E-state index is -0.787. The molecule has 0 unspecified atom stereocenters. The normalized spacial score (nSPS) is 10.6. The van der Waals surface area contributed by atoms with E-state index in [0.29, 0.717) is 5.69 Å². The highest BCUT2D eigenvalue weighted by Gasteiger charge is 2.28. The summed E-state index contributed by atoms with van der Waals surface area (Å²) in [5.41, 5.74) is -0.854. The first-order chi connectivity index (χ1) is 13.8. The van der Waals surface area contributed by atoms with Crippen molar-refractivity contribution in [1.29, 1.82) is 0 Å². The molecule has 3 aromatic rings. The average Bonchev–Trinajstić information content (AvgIpc) is 3.19. The summed E-state index contributed by atoms with van der Waals surface area (Å²) in [6.45, 7) is 1.49. The van der Waals surface area contributed by atoms with Crippen molar-refractivity contribution in [2.45, 2.75) is 13.5 Å². The Morgan fingerprint density at radius 3 is 2.34 bits per heavy atom. The van der Waals surface area contributed by atoms with Gasteiger partial charge < -0.3 is 4.90 Å². The molecule has 0 fully saturated rings. The lowest BCUT2D eigenvalue weighted by atomic mass is 10.0. The second-order valence-electron chi connectivity index (χ2n) is 6.10. The Labute approximate surface area is 168 Å². The molecule has 1 heterocycles. The molecule has 0 N–H and O–H groups in total. The van der Waals surface area contributed by atoms with Crippen LogP contribution in [0.4, 0.5) is 21.5 Å². The highest BCUT2D eigenvalue weighted by Crippen LogP contribution is 2.31. The van der Waals surface area contributed by atoms with Crippen molar-refractivity contribution in [3.05, 3.63) is 96.0 Å². The highest BCUT2D eigenvalue weighted by molar-refractivity contribution is 7.09. The van der Waals surface area contributed by atoms with Crippen LogP contribution in [0.1, 0.15) is 20.8 Å². The summed E-state index contributed by atoms with van der Waals surface area (Å²) in [5, 5.41) is 24.4. The average molecular weight is 415 g/mol. The lowest BCUT2D eigenvalue weighted by Gasteiger charge is -2.23. The number of hydrogen-bond acceptors (Lipinski definition) is 6. The Morgan fingerprint density at radius 2 is 1.79 bits per heavy atom. The number of amides is 1. The second kappa shape index (κ2) is 8.15. The van der Waals surface area contributed by atoms with Gasteiger partial charge in [0.25, 0.3) is 17.3 Å². The van der Waals surface area contributed by atoms with Gasteiger partial charge in [0.2, 0.25) is 0 Å². The minimum Gasteiger partial charge on any atom is -0.303 e. The first-order valence-electron chi connectivity index (χ1n) is 8.31. The van der Waals surface area contributed by atoms with Crippen LogP contribution in [0.5, 0.6) is 0 Å². The van der Waals surface area contributed by atoms with Gasteiger partial charge in [0.05, 0.1) is 28.0 Å². The maximum atomic E-state index is 13.3. The molecule has 8 nitrogen and oxygen atoms in total. The number of halogens is 1. The predicted octanol–water partition coefficient (Wildman–Crippen LogP) is 4.86. The molecular weight excluding hydrogens is 401 g/mol. The van der Waals surface area contributed by atoms with Crippen LogP contribution in [0.3, 0.4) is 0 Å². The van der Waals surface area contributed by atoms with Crippen LogP contribution < -0.4 is 4.90 Å². The first kappa shape index (κ1) is 20.1. The van der Waals surface area contributed by atoms with E-state index in [1.807, 2.05) is 5.38 Å². The van der Waals surface area contributed by atoms with Gasteiger partial charge in [-0.3, -0.25) is 25.0 Å². The third-order valence-electron chi connectivity index (χ3n) is 4.28. The van der Waals surface area contributed by atoms with E-state index in [1.54, 1.807) is 12.1 Å². The van der Waals surface area contributed by atoms with Crippen molar-refractivity contribution < 1.29 is 19.0 Å². The number of rotatable bonds is 6. The van der Waals surface area contributed by atoms with Gasteiger partial charge in [-0.05, 0) is 42.6 Å². The van der Waals surface area contributed by atoms with E-state index < -0.39 is 32.9 Å². The molecule has 0 radical (unpaired) electrons. The topological polar surface area (TPSA) is 107 Å². The van der Waals surface area contributed by atoms with Crippen molar-refractivity contribution in [1.82, 2.24) is 0 Å². The molecule has 2 aromatic carbocycles. The molecule has 0 atom stereocenters. The molecule has 1 aromatic heterocycles. The van der Waals surface area contributed by atoms with Crippen molar-refractivity contribution >= 4 is 34.3 Å². The molecule has 0 spiro atoms. The van der Waals surface area contributed by atoms with E-state index in [1.165, 1.54) is 47.4 Å². The molecule has 0 aliphatic carbocycles. The number of nitrogens with zero attached hydrogens (tertiary/aromatic N) is 3. The number of carbonyl (C=O) groups is 1. The molecular formula is C19H14FN3O5S. The van der Waals surface area contributed by atoms with E-state index in [9.17, 15) is 29.4 Å². The maximum absolute atomic E-state index is 13.3. The van der Waals surface area contributed by atoms with Gasteiger partial charge >= 0.3 is 0 Å². The third-order valence-corrected chi connectivity index (χ3v) is 5.14. The zero-order valence-corrected chi connectivity index (χ0v) is 15.9. The van der Waals surface area contributed by atoms with Crippen molar-refractivity contribution in [2.24, 2.45) is 0 Å². The standard InChI is InChI=1S/C19H14FN3O5S/c1-12-17(9-15(22(25)26)10-18(12)23(27)28)19(24)21(11-16-3-2-8-29-16)14-6-4-13(20)5-7-14/h2-10H,11H2,1H3. The summed E-state index contributed by atoms with van der Waals surface area (Å²) in [6.07, 6.45) is 0. The van der Waals surface area contributed by atoms with Crippen LogP contribution in [0, 0.1) is 33.0 Å². The van der Waals surface area contributed by atoms with Crippen LogP contribution in [0.15, 0.2) is 53.9 Å². The third kappa shape index (κ3) is 4.27. The molecule has 0 aliphatic rings. The molecule has 148 valence electrons. The molecule has 0 bridgehead atoms. The van der Waals surface area contributed by atoms with Crippen LogP contribution in [0.2, 0.25) is 0 Å². The van der Waals surface area contributed by atoms with E-state index in [2.05, 4.69) is 0 Å². The van der Waals surface area contributed by atoms with Crippen LogP contribution in [-0.4, -0.2) is 15.8 Å². The fourth-order valence-corrected chi connectivity index (χ4v) is 3.50. The summed E-state index contributed by atoms with van der Waals surface area (Å²) >= 11 is 1.40. The van der Waals surface area contributed by atoms with Crippen molar-refractivity contribution in [2.75, 3.05) is 4.90 Å². The summed E-state index contributed by atoms with van der Waals surface area (Å²) in [5.74, 6) is -1.14. The molecule has 10 heteroatoms. The molecule has 0 saturated carbocycles. The fourth-order valence-electron chi connectivity index (χ4n) is 2.81. The monoisotopic (exact) mass is 415 g/mol. The molecule has 0 aliphatic heterocycles. The van der Waals surface area contributed by atoms with Gasteiger partial charge in [-0.2, -0.15) is 0 Å². The van der Waals surface area contributed by atoms with Gasteiger partial charge in [0, 0.05) is 22.2 Å². The predicted molar refractivity (Wildman–Crippen MR) is 106 cm³/mol. The van der Waals surface area contributed by atoms with Gasteiger partial charge in [0.1, 0.15) is 5.82 Å². The number of anilines is 1. The van der Waals surface area contributed by atoms with Gasteiger partial charge in [0.15, 0.2) is 0 Å². The fraction of sp³-hybridized carbons (Fsp3) is 0.105. The van der Waals surface area contributed by atoms with Crippen molar-refractivity contribution in [3.8, 4) is 0 Å². The number of thiophene rings is 1. The van der Waals surface area contributed by atoms with Gasteiger partial charge in [-0.15, -0.1) is 11.3 Å². The van der Waals surface area contributed by atoms with Crippen molar-refractivity contribution in [3.63, 3.8) is 0 Å². The smallest absolute Gasteiger partial charge is 0.279 e. The van der Waals surface area contributed by atoms with Gasteiger partial charge in [-0.25, -0.2) is 4.39 Å². The number of nitro groups is 2. The summed E-state index contributed by atoms with van der Waals surface area (Å²) < 4.78 is 13.3. The minimum absolute atomic E-state index is 0.0175. The zero-order chi connectivity index (χ0) is 21.1. The Kier molecular flexibility index (Phi) is 5.64. The maximum Gasteiger partial charge on any atom is 0.279 e.